The molecule has 1 N–H and O–H groups in total. The average Bonchev–Trinajstić information content (AvgIpc) is 3.00. The lowest BCUT2D eigenvalue weighted by Gasteiger charge is -2.22. The number of hydrogen-bond donors (Lipinski definition) is 1. The SMILES string of the molecule is Cc1c(C2SCC(=O)N2CCO)c(=O)n(-c2ccccc2)n1C. The van der Waals surface area contributed by atoms with Gasteiger partial charge in [0.15, 0.2) is 0 Å². The van der Waals surface area contributed by atoms with E-state index in [0.29, 0.717) is 11.3 Å². The van der Waals surface area contributed by atoms with Crippen LogP contribution in [0.2, 0.25) is 0 Å². The zero-order valence-electron chi connectivity index (χ0n) is 13.1. The zero-order chi connectivity index (χ0) is 16.6. The van der Waals surface area contributed by atoms with E-state index in [2.05, 4.69) is 0 Å². The minimum Gasteiger partial charge on any atom is -0.395 e. The van der Waals surface area contributed by atoms with E-state index in [0.717, 1.165) is 11.4 Å². The van der Waals surface area contributed by atoms with E-state index in [4.69, 9.17) is 0 Å². The van der Waals surface area contributed by atoms with Crippen LogP contribution in [0.4, 0.5) is 0 Å². The summed E-state index contributed by atoms with van der Waals surface area (Å²) in [5, 5.41) is 8.86. The Morgan fingerprint density at radius 3 is 2.61 bits per heavy atom. The first-order valence-electron chi connectivity index (χ1n) is 7.42. The lowest BCUT2D eigenvalue weighted by Crippen LogP contribution is -2.33. The Kier molecular flexibility index (Phi) is 4.32. The maximum absolute atomic E-state index is 13.0. The highest BCUT2D eigenvalue weighted by molar-refractivity contribution is 8.00. The van der Waals surface area contributed by atoms with Gasteiger partial charge in [0.1, 0.15) is 5.37 Å². The van der Waals surface area contributed by atoms with Gasteiger partial charge in [-0.1, -0.05) is 18.2 Å². The molecule has 1 aliphatic rings. The van der Waals surface area contributed by atoms with Gasteiger partial charge in [-0.2, -0.15) is 0 Å². The minimum absolute atomic E-state index is 0.0389. The number of rotatable bonds is 4. The second kappa shape index (κ2) is 6.25. The molecule has 0 aliphatic carbocycles. The lowest BCUT2D eigenvalue weighted by atomic mass is 10.2. The normalized spacial score (nSPS) is 18.0. The highest BCUT2D eigenvalue weighted by atomic mass is 32.2. The van der Waals surface area contributed by atoms with Gasteiger partial charge in [-0.05, 0) is 19.1 Å². The molecule has 7 heteroatoms. The summed E-state index contributed by atoms with van der Waals surface area (Å²) >= 11 is 1.44. The van der Waals surface area contributed by atoms with Gasteiger partial charge >= 0.3 is 0 Å². The van der Waals surface area contributed by atoms with E-state index in [9.17, 15) is 14.7 Å². The fraction of sp³-hybridized carbons (Fsp3) is 0.375. The number of aliphatic hydroxyl groups is 1. The van der Waals surface area contributed by atoms with Crippen molar-refractivity contribution in [2.45, 2.75) is 12.3 Å². The number of β-amino-alcohol motifs (C(OH)–C–C–N with tert-alkyl or cyclic N) is 1. The van der Waals surface area contributed by atoms with Crippen LogP contribution in [0.5, 0.6) is 0 Å². The second-order valence-corrected chi connectivity index (χ2v) is 6.52. The number of thioether (sulfide) groups is 1. The Labute approximate surface area is 138 Å². The van der Waals surface area contributed by atoms with Crippen LogP contribution in [-0.4, -0.2) is 44.2 Å². The van der Waals surface area contributed by atoms with Gasteiger partial charge in [0.25, 0.3) is 5.56 Å². The van der Waals surface area contributed by atoms with Crippen molar-refractivity contribution in [1.82, 2.24) is 14.3 Å². The number of hydrogen-bond acceptors (Lipinski definition) is 4. The predicted molar refractivity (Wildman–Crippen MR) is 89.7 cm³/mol. The molecule has 1 aliphatic heterocycles. The van der Waals surface area contributed by atoms with Gasteiger partial charge in [0.2, 0.25) is 5.91 Å². The van der Waals surface area contributed by atoms with Crippen molar-refractivity contribution in [3.05, 3.63) is 51.9 Å². The number of nitrogens with zero attached hydrogens (tertiary/aromatic N) is 3. The zero-order valence-corrected chi connectivity index (χ0v) is 13.9. The Bertz CT molecular complexity index is 782. The molecule has 3 rings (SSSR count). The molecule has 2 aromatic rings. The van der Waals surface area contributed by atoms with Crippen molar-refractivity contribution in [2.24, 2.45) is 7.05 Å². The molecule has 6 nitrogen and oxygen atoms in total. The molecule has 1 aromatic carbocycles. The van der Waals surface area contributed by atoms with Crippen LogP contribution in [0.25, 0.3) is 5.69 Å². The number of para-hydroxylation sites is 1. The highest BCUT2D eigenvalue weighted by Gasteiger charge is 2.36. The number of amides is 1. The number of benzene rings is 1. The first-order valence-corrected chi connectivity index (χ1v) is 8.47. The Hall–Kier alpha value is -1.99. The van der Waals surface area contributed by atoms with Crippen LogP contribution in [0.15, 0.2) is 35.1 Å². The largest absolute Gasteiger partial charge is 0.395 e. The van der Waals surface area contributed by atoms with Crippen LogP contribution >= 0.6 is 11.8 Å². The topological polar surface area (TPSA) is 67.5 Å². The van der Waals surface area contributed by atoms with E-state index in [-0.39, 0.29) is 30.0 Å². The minimum atomic E-state index is -0.335. The molecular formula is C16H19N3O3S. The van der Waals surface area contributed by atoms with E-state index >= 15 is 0 Å². The van der Waals surface area contributed by atoms with Crippen molar-refractivity contribution in [3.8, 4) is 5.69 Å². The average molecular weight is 333 g/mol. The van der Waals surface area contributed by atoms with Gasteiger partial charge in [0, 0.05) is 19.3 Å². The first-order chi connectivity index (χ1) is 11.1. The molecule has 23 heavy (non-hydrogen) atoms. The van der Waals surface area contributed by atoms with Gasteiger partial charge in [-0.25, -0.2) is 4.68 Å². The summed E-state index contributed by atoms with van der Waals surface area (Å²) in [5.41, 5.74) is 2.11. The lowest BCUT2D eigenvalue weighted by molar-refractivity contribution is -0.128. The maximum Gasteiger partial charge on any atom is 0.277 e. The Balaban J connectivity index is 2.12. The molecule has 0 spiro atoms. The van der Waals surface area contributed by atoms with E-state index < -0.39 is 0 Å². The quantitative estimate of drug-likeness (QED) is 0.908. The number of carbonyl (C=O) groups is 1. The van der Waals surface area contributed by atoms with Crippen LogP contribution in [0.3, 0.4) is 0 Å². The fourth-order valence-corrected chi connectivity index (χ4v) is 4.22. The molecule has 1 saturated heterocycles. The summed E-state index contributed by atoms with van der Waals surface area (Å²) < 4.78 is 3.43. The van der Waals surface area contributed by atoms with Gasteiger partial charge < -0.3 is 10.0 Å². The molecular weight excluding hydrogens is 314 g/mol. The molecule has 1 aromatic heterocycles. The summed E-state index contributed by atoms with van der Waals surface area (Å²) in [6.07, 6.45) is 0. The van der Waals surface area contributed by atoms with Crippen LogP contribution in [0, 0.1) is 6.92 Å². The Morgan fingerprint density at radius 1 is 1.26 bits per heavy atom. The maximum atomic E-state index is 13.0. The van der Waals surface area contributed by atoms with Crippen molar-refractivity contribution in [1.29, 1.82) is 0 Å². The van der Waals surface area contributed by atoms with Gasteiger partial charge in [-0.3, -0.25) is 14.3 Å². The van der Waals surface area contributed by atoms with Crippen LogP contribution in [-0.2, 0) is 11.8 Å². The van der Waals surface area contributed by atoms with Crippen molar-refractivity contribution in [3.63, 3.8) is 0 Å². The van der Waals surface area contributed by atoms with Crippen LogP contribution in [0.1, 0.15) is 16.6 Å². The Morgan fingerprint density at radius 2 is 1.96 bits per heavy atom. The van der Waals surface area contributed by atoms with Crippen molar-refractivity contribution < 1.29 is 9.90 Å². The molecule has 122 valence electrons. The number of aromatic nitrogens is 2. The van der Waals surface area contributed by atoms with E-state index in [1.54, 1.807) is 9.58 Å². The monoisotopic (exact) mass is 333 g/mol. The summed E-state index contributed by atoms with van der Waals surface area (Å²) in [5.74, 6) is 0.298. The van der Waals surface area contributed by atoms with Crippen molar-refractivity contribution in [2.75, 3.05) is 18.9 Å². The van der Waals surface area contributed by atoms with E-state index in [1.165, 1.54) is 11.8 Å². The summed E-state index contributed by atoms with van der Waals surface area (Å²) in [6.45, 7) is 2.02. The van der Waals surface area contributed by atoms with Crippen LogP contribution < -0.4 is 5.56 Å². The number of aliphatic hydroxyl groups excluding tert-OH is 1. The summed E-state index contributed by atoms with van der Waals surface area (Å²) in [4.78, 5) is 26.6. The molecule has 2 heterocycles. The van der Waals surface area contributed by atoms with E-state index in [1.807, 2.05) is 49.0 Å². The number of carbonyl (C=O) groups excluding carboxylic acids is 1. The summed E-state index contributed by atoms with van der Waals surface area (Å²) in [6, 6.07) is 9.43. The third-order valence-electron chi connectivity index (χ3n) is 4.15. The molecule has 1 unspecified atom stereocenters. The third-order valence-corrected chi connectivity index (χ3v) is 5.37. The fourth-order valence-electron chi connectivity index (χ4n) is 2.92. The van der Waals surface area contributed by atoms with Gasteiger partial charge in [0.05, 0.1) is 23.6 Å². The van der Waals surface area contributed by atoms with Gasteiger partial charge in [-0.15, -0.1) is 11.8 Å². The molecule has 0 bridgehead atoms. The summed E-state index contributed by atoms with van der Waals surface area (Å²) in [7, 11) is 1.84. The standard InChI is InChI=1S/C16H19N3O3S/c1-11-14(16-18(8-9-20)13(21)10-23-16)15(22)19(17(11)2)12-6-4-3-5-7-12/h3-7,16,20H,8-10H2,1-2H3. The molecule has 1 amide bonds. The van der Waals surface area contributed by atoms with Crippen molar-refractivity contribution >= 4 is 17.7 Å². The molecule has 0 radical (unpaired) electrons. The first kappa shape index (κ1) is 15.9. The highest BCUT2D eigenvalue weighted by Crippen LogP contribution is 2.38. The molecule has 1 atom stereocenters. The predicted octanol–water partition coefficient (Wildman–Crippen LogP) is 1.05. The molecule has 0 saturated carbocycles. The second-order valence-electron chi connectivity index (χ2n) is 5.45. The molecule has 1 fully saturated rings. The smallest absolute Gasteiger partial charge is 0.277 e. The third kappa shape index (κ3) is 2.60.